The van der Waals surface area contributed by atoms with Crippen molar-refractivity contribution in [2.45, 2.75) is 76.2 Å². The van der Waals surface area contributed by atoms with Crippen LogP contribution in [0.4, 0.5) is 20.4 Å². The van der Waals surface area contributed by atoms with Gasteiger partial charge >= 0.3 is 0 Å². The highest BCUT2D eigenvalue weighted by molar-refractivity contribution is 6.06. The molecule has 4 aromatic rings. The molecule has 1 spiro atoms. The van der Waals surface area contributed by atoms with Crippen molar-refractivity contribution in [3.05, 3.63) is 76.7 Å². The van der Waals surface area contributed by atoms with E-state index < -0.39 is 24.4 Å². The molecule has 2 aromatic heterocycles. The number of piperazine rings is 1. The number of aromatic amines is 1. The molecule has 2 N–H and O–H groups in total. The summed E-state index contributed by atoms with van der Waals surface area (Å²) in [5.74, 6) is 0.496. The van der Waals surface area contributed by atoms with Crippen LogP contribution in [0.5, 0.6) is 5.75 Å². The molecule has 0 aliphatic carbocycles. The molecule has 4 atom stereocenters. The van der Waals surface area contributed by atoms with Crippen molar-refractivity contribution in [2.75, 3.05) is 75.3 Å². The minimum absolute atomic E-state index is 0.0580. The van der Waals surface area contributed by atoms with Crippen molar-refractivity contribution < 1.29 is 32.7 Å². The number of anilines is 2. The summed E-state index contributed by atoms with van der Waals surface area (Å²) in [5, 5.41) is 3.49. The van der Waals surface area contributed by atoms with Gasteiger partial charge in [-0.15, -0.1) is 0 Å². The number of likely N-dealkylation sites (tertiary alicyclic amines) is 1. The molecule has 0 radical (unpaired) electrons. The lowest BCUT2D eigenvalue weighted by Gasteiger charge is -2.54. The SMILES string of the molecule is C[C@@H]1Cc2c([nH]c3ccccc23)[C@@H](c2cnc(N3CCC4(CC3)CN(C(=O)CN3CCN5c6ccc7c(c6OC[C@H]5C3)CN(C3CCC(=O)NC3=O)C7=O)C4)nc2)N1CC(F)F. The third kappa shape index (κ3) is 6.57. The Morgan fingerprint density at radius 1 is 0.984 bits per heavy atom. The summed E-state index contributed by atoms with van der Waals surface area (Å²) in [5.41, 5.74) is 6.23. The van der Waals surface area contributed by atoms with E-state index >= 15 is 0 Å². The van der Waals surface area contributed by atoms with Gasteiger partial charge in [0.1, 0.15) is 18.4 Å². The topological polar surface area (TPSA) is 151 Å². The number of amides is 4. The van der Waals surface area contributed by atoms with Gasteiger partial charge in [0.2, 0.25) is 23.7 Å². The maximum Gasteiger partial charge on any atom is 0.255 e. The number of fused-ring (bicyclic) bond motifs is 8. The zero-order valence-electron chi connectivity index (χ0n) is 34.7. The number of aromatic nitrogens is 3. The van der Waals surface area contributed by atoms with Crippen molar-refractivity contribution in [1.29, 1.82) is 0 Å². The van der Waals surface area contributed by atoms with Gasteiger partial charge in [0.25, 0.3) is 12.3 Å². The standard InChI is InChI=1S/C45H50F2N10O5/c1-26-16-31-29-4-2-3-5-33(29)50-39(31)40(56(26)21-36(46)47)27-17-48-44(49-18-27)53-12-10-45(11-13-53)24-54(25-45)38(59)22-52-14-15-55-28(19-52)23-62-41-32-20-57(35-8-9-37(58)51-42(35)60)43(61)30(32)6-7-34(41)55/h2-7,17-18,26,28,35-36,40,50H,8-16,19-25H2,1H3,(H,51,58,60)/t26-,28-,35?,40-/m1/s1. The van der Waals surface area contributed by atoms with Gasteiger partial charge in [0.05, 0.1) is 37.4 Å². The lowest BCUT2D eigenvalue weighted by molar-refractivity contribution is -0.146. The molecule has 17 heteroatoms. The molecule has 0 bridgehead atoms. The van der Waals surface area contributed by atoms with E-state index in [4.69, 9.17) is 14.7 Å². The second-order valence-corrected chi connectivity index (χ2v) is 18.4. The Bertz CT molecular complexity index is 2460. The quantitative estimate of drug-likeness (QED) is 0.264. The van der Waals surface area contributed by atoms with Crippen molar-refractivity contribution >= 4 is 46.2 Å². The third-order valence-electron chi connectivity index (χ3n) is 14.7. The molecule has 7 aliphatic rings. The number of imide groups is 1. The van der Waals surface area contributed by atoms with Crippen molar-refractivity contribution in [3.63, 3.8) is 0 Å². The summed E-state index contributed by atoms with van der Waals surface area (Å²) in [6, 6.07) is 10.8. The number of H-pyrrole nitrogens is 1. The fraction of sp³-hybridized carbons (Fsp3) is 0.511. The maximum absolute atomic E-state index is 13.9. The molecule has 4 saturated heterocycles. The molecule has 4 fully saturated rings. The van der Waals surface area contributed by atoms with E-state index in [1.165, 1.54) is 5.56 Å². The van der Waals surface area contributed by atoms with Crippen LogP contribution >= 0.6 is 0 Å². The van der Waals surface area contributed by atoms with Gasteiger partial charge in [-0.1, -0.05) is 18.2 Å². The van der Waals surface area contributed by atoms with Gasteiger partial charge in [0, 0.05) is 109 Å². The number of hydrogen-bond acceptors (Lipinski definition) is 11. The van der Waals surface area contributed by atoms with Crippen LogP contribution in [0.3, 0.4) is 0 Å². The minimum atomic E-state index is -2.46. The predicted octanol–water partition coefficient (Wildman–Crippen LogP) is 3.33. The van der Waals surface area contributed by atoms with Crippen molar-refractivity contribution in [3.8, 4) is 5.75 Å². The van der Waals surface area contributed by atoms with E-state index in [9.17, 15) is 28.0 Å². The second-order valence-electron chi connectivity index (χ2n) is 18.4. The monoisotopic (exact) mass is 848 g/mol. The van der Waals surface area contributed by atoms with Crippen LogP contribution in [-0.2, 0) is 27.3 Å². The molecule has 11 rings (SSSR count). The zero-order chi connectivity index (χ0) is 42.4. The highest BCUT2D eigenvalue weighted by Gasteiger charge is 2.48. The number of carbonyl (C=O) groups is 4. The summed E-state index contributed by atoms with van der Waals surface area (Å²) >= 11 is 0. The summed E-state index contributed by atoms with van der Waals surface area (Å²) in [4.78, 5) is 76.5. The Morgan fingerprint density at radius 2 is 1.77 bits per heavy atom. The van der Waals surface area contributed by atoms with E-state index in [0.717, 1.165) is 85.5 Å². The number of rotatable bonds is 7. The molecule has 7 aliphatic heterocycles. The van der Waals surface area contributed by atoms with E-state index in [-0.39, 0.29) is 54.7 Å². The van der Waals surface area contributed by atoms with E-state index in [0.29, 0.717) is 49.8 Å². The Kier molecular flexibility index (Phi) is 9.48. The minimum Gasteiger partial charge on any atom is -0.489 e. The van der Waals surface area contributed by atoms with Gasteiger partial charge in [-0.3, -0.25) is 34.3 Å². The highest BCUT2D eigenvalue weighted by Crippen LogP contribution is 2.45. The Labute approximate surface area is 357 Å². The first kappa shape index (κ1) is 39.2. The Morgan fingerprint density at radius 3 is 2.55 bits per heavy atom. The fourth-order valence-electron chi connectivity index (χ4n) is 11.4. The maximum atomic E-state index is 13.9. The molecule has 2 aromatic carbocycles. The molecule has 62 heavy (non-hydrogen) atoms. The molecular weight excluding hydrogens is 799 g/mol. The Balaban J connectivity index is 0.683. The first-order valence-corrected chi connectivity index (χ1v) is 21.9. The van der Waals surface area contributed by atoms with Gasteiger partial charge < -0.3 is 29.3 Å². The molecule has 4 amide bonds. The first-order valence-electron chi connectivity index (χ1n) is 21.9. The number of para-hydroxylation sites is 1. The molecule has 9 heterocycles. The number of nitrogens with one attached hydrogen (secondary N) is 2. The number of piperidine rings is 2. The lowest BCUT2D eigenvalue weighted by Crippen LogP contribution is -2.64. The van der Waals surface area contributed by atoms with Gasteiger partial charge in [-0.2, -0.15) is 0 Å². The average molecular weight is 849 g/mol. The van der Waals surface area contributed by atoms with Crippen LogP contribution in [0.2, 0.25) is 0 Å². The lowest BCUT2D eigenvalue weighted by atomic mass is 9.72. The number of carbonyl (C=O) groups excluding carboxylic acids is 4. The van der Waals surface area contributed by atoms with E-state index in [1.54, 1.807) is 17.3 Å². The van der Waals surface area contributed by atoms with Gasteiger partial charge in [-0.05, 0) is 56.4 Å². The van der Waals surface area contributed by atoms with E-state index in [2.05, 4.69) is 31.1 Å². The summed E-state index contributed by atoms with van der Waals surface area (Å²) < 4.78 is 34.1. The summed E-state index contributed by atoms with van der Waals surface area (Å²) in [6.45, 7) is 7.90. The van der Waals surface area contributed by atoms with Crippen LogP contribution < -0.4 is 19.9 Å². The summed E-state index contributed by atoms with van der Waals surface area (Å²) in [6.07, 6.45) is 4.21. The molecule has 0 saturated carbocycles. The van der Waals surface area contributed by atoms with Crippen LogP contribution in [0.25, 0.3) is 10.9 Å². The molecule has 15 nitrogen and oxygen atoms in total. The van der Waals surface area contributed by atoms with Gasteiger partial charge in [0.15, 0.2) is 0 Å². The summed E-state index contributed by atoms with van der Waals surface area (Å²) in [7, 11) is 0. The van der Waals surface area contributed by atoms with Crippen LogP contribution in [-0.4, -0.2) is 148 Å². The number of nitrogens with zero attached hydrogens (tertiary/aromatic N) is 8. The predicted molar refractivity (Wildman–Crippen MR) is 224 cm³/mol. The fourth-order valence-corrected chi connectivity index (χ4v) is 11.4. The molecule has 324 valence electrons. The van der Waals surface area contributed by atoms with Crippen LogP contribution in [0.1, 0.15) is 71.4 Å². The number of benzene rings is 2. The number of alkyl halides is 2. The first-order chi connectivity index (χ1) is 30.0. The molecular formula is C45H50F2N10O5. The smallest absolute Gasteiger partial charge is 0.255 e. The van der Waals surface area contributed by atoms with Crippen LogP contribution in [0.15, 0.2) is 48.8 Å². The third-order valence-corrected chi connectivity index (χ3v) is 14.7. The van der Waals surface area contributed by atoms with Crippen molar-refractivity contribution in [2.24, 2.45) is 5.41 Å². The highest BCUT2D eigenvalue weighted by atomic mass is 19.3. The zero-order valence-corrected chi connectivity index (χ0v) is 34.7. The normalized spacial score (nSPS) is 26.0. The van der Waals surface area contributed by atoms with Gasteiger partial charge in [-0.25, -0.2) is 18.7 Å². The number of halogens is 2. The molecule has 1 unspecified atom stereocenters. The number of ether oxygens (including phenoxy) is 1. The van der Waals surface area contributed by atoms with E-state index in [1.807, 2.05) is 47.1 Å². The largest absolute Gasteiger partial charge is 0.489 e. The van der Waals surface area contributed by atoms with Crippen LogP contribution in [0, 0.1) is 5.41 Å². The van der Waals surface area contributed by atoms with Crippen molar-refractivity contribution in [1.82, 2.24) is 39.9 Å². The number of hydrogen-bond donors (Lipinski definition) is 2. The second kappa shape index (κ2) is 15.0. The Hall–Kier alpha value is -5.68. The average Bonchev–Trinajstić information content (AvgIpc) is 3.79.